The molecule has 3 saturated heterocycles. The Kier molecular flexibility index (Phi) is 4.76. The molecular formula is C20H32N2O4. The molecule has 4 aliphatic rings. The Morgan fingerprint density at radius 1 is 1.27 bits per heavy atom. The lowest BCUT2D eigenvalue weighted by Crippen LogP contribution is -2.45. The number of nitrogens with one attached hydrogen (secondary N) is 1. The molecule has 3 heterocycles. The molecule has 4 rings (SSSR count). The Hall–Kier alpha value is -1.14. The number of hydrogen-bond acceptors (Lipinski definition) is 4. The zero-order chi connectivity index (χ0) is 18.4. The highest BCUT2D eigenvalue weighted by Crippen LogP contribution is 2.54. The van der Waals surface area contributed by atoms with E-state index in [2.05, 4.69) is 12.2 Å². The smallest absolute Gasteiger partial charge is 0.248 e. The van der Waals surface area contributed by atoms with Gasteiger partial charge in [-0.3, -0.25) is 9.59 Å². The SMILES string of the molecule is CCOCC(=O)N1C[C@@H]2[C@H](CNC(=O)C3(C)CCCC3)[C@H]3CC[C@]2(C1)O3. The molecule has 146 valence electrons. The van der Waals surface area contributed by atoms with Crippen LogP contribution in [0.5, 0.6) is 0 Å². The van der Waals surface area contributed by atoms with Crippen molar-refractivity contribution >= 4 is 11.8 Å². The molecule has 1 N–H and O–H groups in total. The predicted molar refractivity (Wildman–Crippen MR) is 96.5 cm³/mol. The number of carbonyl (C=O) groups excluding carboxylic acids is 2. The third kappa shape index (κ3) is 2.95. The third-order valence-electron chi connectivity index (χ3n) is 7.32. The normalized spacial score (nSPS) is 37.2. The van der Waals surface area contributed by atoms with Crippen molar-refractivity contribution in [1.29, 1.82) is 0 Å². The van der Waals surface area contributed by atoms with E-state index in [1.807, 2.05) is 11.8 Å². The molecule has 0 radical (unpaired) electrons. The van der Waals surface area contributed by atoms with Crippen molar-refractivity contribution in [3.8, 4) is 0 Å². The average Bonchev–Trinajstić information content (AvgIpc) is 3.37. The molecule has 1 aliphatic carbocycles. The first-order valence-electron chi connectivity index (χ1n) is 10.3. The first-order valence-corrected chi connectivity index (χ1v) is 10.3. The Labute approximate surface area is 156 Å². The molecule has 2 amide bonds. The van der Waals surface area contributed by atoms with Crippen molar-refractivity contribution in [2.75, 3.05) is 32.8 Å². The zero-order valence-electron chi connectivity index (χ0n) is 16.1. The highest BCUT2D eigenvalue weighted by atomic mass is 16.5. The average molecular weight is 364 g/mol. The van der Waals surface area contributed by atoms with Crippen LogP contribution in [0.2, 0.25) is 0 Å². The van der Waals surface area contributed by atoms with Crippen LogP contribution >= 0.6 is 0 Å². The van der Waals surface area contributed by atoms with Gasteiger partial charge in [-0.1, -0.05) is 19.8 Å². The molecule has 0 aromatic rings. The Morgan fingerprint density at radius 3 is 2.77 bits per heavy atom. The van der Waals surface area contributed by atoms with Crippen LogP contribution in [0, 0.1) is 17.3 Å². The molecule has 0 aromatic heterocycles. The fraction of sp³-hybridized carbons (Fsp3) is 0.900. The minimum atomic E-state index is -0.189. The van der Waals surface area contributed by atoms with E-state index in [9.17, 15) is 9.59 Å². The molecule has 6 heteroatoms. The van der Waals surface area contributed by atoms with Gasteiger partial charge in [0.15, 0.2) is 0 Å². The van der Waals surface area contributed by atoms with Gasteiger partial charge in [-0.05, 0) is 32.6 Å². The van der Waals surface area contributed by atoms with E-state index < -0.39 is 0 Å². The summed E-state index contributed by atoms with van der Waals surface area (Å²) in [4.78, 5) is 27.0. The fourth-order valence-corrected chi connectivity index (χ4v) is 5.74. The maximum atomic E-state index is 12.7. The number of amides is 2. The van der Waals surface area contributed by atoms with Crippen LogP contribution in [0.15, 0.2) is 0 Å². The number of hydrogen-bond donors (Lipinski definition) is 1. The first-order chi connectivity index (χ1) is 12.5. The predicted octanol–water partition coefficient (Wildman–Crippen LogP) is 1.73. The van der Waals surface area contributed by atoms with Crippen LogP contribution in [0.1, 0.15) is 52.4 Å². The van der Waals surface area contributed by atoms with E-state index in [-0.39, 0.29) is 35.5 Å². The maximum Gasteiger partial charge on any atom is 0.248 e. The number of likely N-dealkylation sites (tertiary alicyclic amines) is 1. The molecule has 4 fully saturated rings. The molecule has 1 spiro atoms. The van der Waals surface area contributed by atoms with Crippen LogP contribution < -0.4 is 5.32 Å². The summed E-state index contributed by atoms with van der Waals surface area (Å²) in [6, 6.07) is 0. The number of nitrogens with zero attached hydrogens (tertiary/aromatic N) is 1. The van der Waals surface area contributed by atoms with Gasteiger partial charge in [0.2, 0.25) is 11.8 Å². The molecule has 6 nitrogen and oxygen atoms in total. The molecule has 1 saturated carbocycles. The molecular weight excluding hydrogens is 332 g/mol. The molecule has 0 aromatic carbocycles. The second kappa shape index (κ2) is 6.79. The minimum absolute atomic E-state index is 0.0592. The van der Waals surface area contributed by atoms with Gasteiger partial charge in [0.1, 0.15) is 6.61 Å². The van der Waals surface area contributed by atoms with E-state index in [0.717, 1.165) is 45.1 Å². The monoisotopic (exact) mass is 364 g/mol. The molecule has 2 bridgehead atoms. The summed E-state index contributed by atoms with van der Waals surface area (Å²) < 4.78 is 11.7. The lowest BCUT2D eigenvalue weighted by molar-refractivity contribution is -0.136. The number of carbonyl (C=O) groups is 2. The summed E-state index contributed by atoms with van der Waals surface area (Å²) in [6.07, 6.45) is 6.61. The fourth-order valence-electron chi connectivity index (χ4n) is 5.74. The Balaban J connectivity index is 1.38. The van der Waals surface area contributed by atoms with Gasteiger partial charge in [0.05, 0.1) is 18.2 Å². The van der Waals surface area contributed by atoms with E-state index >= 15 is 0 Å². The quantitative estimate of drug-likeness (QED) is 0.779. The van der Waals surface area contributed by atoms with Crippen molar-refractivity contribution in [1.82, 2.24) is 10.2 Å². The summed E-state index contributed by atoms with van der Waals surface area (Å²) in [6.45, 7) is 6.81. The highest BCUT2D eigenvalue weighted by Gasteiger charge is 2.63. The van der Waals surface area contributed by atoms with Gasteiger partial charge >= 0.3 is 0 Å². The Bertz CT molecular complexity index is 574. The topological polar surface area (TPSA) is 67.9 Å². The van der Waals surface area contributed by atoms with Crippen molar-refractivity contribution in [3.05, 3.63) is 0 Å². The lowest BCUT2D eigenvalue weighted by Gasteiger charge is -2.30. The van der Waals surface area contributed by atoms with Crippen LogP contribution in [0.4, 0.5) is 0 Å². The summed E-state index contributed by atoms with van der Waals surface area (Å²) in [7, 11) is 0. The largest absolute Gasteiger partial charge is 0.372 e. The minimum Gasteiger partial charge on any atom is -0.372 e. The summed E-state index contributed by atoms with van der Waals surface area (Å²) >= 11 is 0. The second-order valence-electron chi connectivity index (χ2n) is 8.92. The van der Waals surface area contributed by atoms with Gasteiger partial charge in [-0.15, -0.1) is 0 Å². The number of ether oxygens (including phenoxy) is 2. The maximum absolute atomic E-state index is 12.7. The van der Waals surface area contributed by atoms with E-state index in [1.165, 1.54) is 0 Å². The van der Waals surface area contributed by atoms with Gasteiger partial charge in [-0.2, -0.15) is 0 Å². The van der Waals surface area contributed by atoms with Crippen molar-refractivity contribution in [2.24, 2.45) is 17.3 Å². The molecule has 0 unspecified atom stereocenters. The van der Waals surface area contributed by atoms with E-state index in [0.29, 0.717) is 31.5 Å². The van der Waals surface area contributed by atoms with E-state index in [1.54, 1.807) is 0 Å². The van der Waals surface area contributed by atoms with Gasteiger partial charge in [0.25, 0.3) is 0 Å². The van der Waals surface area contributed by atoms with Crippen molar-refractivity contribution in [3.63, 3.8) is 0 Å². The zero-order valence-corrected chi connectivity index (χ0v) is 16.1. The lowest BCUT2D eigenvalue weighted by atomic mass is 9.73. The summed E-state index contributed by atoms with van der Waals surface area (Å²) in [5, 5.41) is 3.23. The second-order valence-corrected chi connectivity index (χ2v) is 8.92. The molecule has 26 heavy (non-hydrogen) atoms. The molecule has 3 aliphatic heterocycles. The highest BCUT2D eigenvalue weighted by molar-refractivity contribution is 5.82. The standard InChI is InChI=1S/C20H32N2O4/c1-3-25-12-17(23)22-11-15-14(16-6-9-20(15,13-22)26-16)10-21-18(24)19(2)7-4-5-8-19/h14-16H,3-13H2,1-2H3,(H,21,24)/t14-,15+,16+,20+/m0/s1. The Morgan fingerprint density at radius 2 is 2.04 bits per heavy atom. The van der Waals surface area contributed by atoms with Gasteiger partial charge in [0, 0.05) is 36.9 Å². The van der Waals surface area contributed by atoms with Crippen LogP contribution in [0.3, 0.4) is 0 Å². The van der Waals surface area contributed by atoms with Gasteiger partial charge < -0.3 is 19.7 Å². The van der Waals surface area contributed by atoms with Crippen LogP contribution in [-0.2, 0) is 19.1 Å². The van der Waals surface area contributed by atoms with Crippen LogP contribution in [0.25, 0.3) is 0 Å². The van der Waals surface area contributed by atoms with Crippen molar-refractivity contribution < 1.29 is 19.1 Å². The van der Waals surface area contributed by atoms with Crippen molar-refractivity contribution in [2.45, 2.75) is 64.1 Å². The van der Waals surface area contributed by atoms with E-state index in [4.69, 9.17) is 9.47 Å². The van der Waals surface area contributed by atoms with Gasteiger partial charge in [-0.25, -0.2) is 0 Å². The first kappa shape index (κ1) is 18.2. The third-order valence-corrected chi connectivity index (χ3v) is 7.32. The molecule has 4 atom stereocenters. The summed E-state index contributed by atoms with van der Waals surface area (Å²) in [5.41, 5.74) is -0.371. The number of rotatable bonds is 6. The summed E-state index contributed by atoms with van der Waals surface area (Å²) in [5.74, 6) is 0.920. The van der Waals surface area contributed by atoms with Crippen LogP contribution in [-0.4, -0.2) is 61.3 Å². The number of fused-ring (bicyclic) bond motifs is 1.